The molecule has 1 aromatic carbocycles. The van der Waals surface area contributed by atoms with E-state index in [2.05, 4.69) is 0 Å². The third-order valence-electron chi connectivity index (χ3n) is 5.27. The number of likely N-dealkylation sites (tertiary alicyclic amines) is 1. The number of benzene rings is 1. The predicted molar refractivity (Wildman–Crippen MR) is 111 cm³/mol. The number of methoxy groups -OCH3 is 1. The van der Waals surface area contributed by atoms with Gasteiger partial charge in [0.25, 0.3) is 5.91 Å². The van der Waals surface area contributed by atoms with E-state index >= 15 is 0 Å². The molecule has 1 atom stereocenters. The summed E-state index contributed by atoms with van der Waals surface area (Å²) in [7, 11) is 1.63. The van der Waals surface area contributed by atoms with Crippen molar-refractivity contribution in [3.05, 3.63) is 34.1 Å². The van der Waals surface area contributed by atoms with Gasteiger partial charge < -0.3 is 9.64 Å². The molecule has 1 saturated heterocycles. The van der Waals surface area contributed by atoms with Crippen LogP contribution in [0.25, 0.3) is 0 Å². The van der Waals surface area contributed by atoms with E-state index in [0.717, 1.165) is 58.7 Å². The van der Waals surface area contributed by atoms with E-state index < -0.39 is 0 Å². The lowest BCUT2D eigenvalue weighted by Gasteiger charge is -2.31. The first-order valence-corrected chi connectivity index (χ1v) is 11.4. The van der Waals surface area contributed by atoms with Gasteiger partial charge in [-0.15, -0.1) is 23.5 Å². The van der Waals surface area contributed by atoms with Gasteiger partial charge in [-0.3, -0.25) is 14.5 Å². The fraction of sp³-hybridized carbons (Fsp3) is 0.500. The number of amides is 2. The molecule has 0 bridgehead atoms. The minimum absolute atomic E-state index is 0.0313. The topological polar surface area (TPSA) is 49.9 Å². The smallest absolute Gasteiger partial charge is 0.266 e. The summed E-state index contributed by atoms with van der Waals surface area (Å²) in [5.74, 6) is 2.88. The Bertz CT molecular complexity index is 757. The SMILES string of the molecule is COc1ccc(N2C(=O)C3=C(SCCS3)C2CC(=O)N2CCCCC2)cc1. The molecule has 5 nitrogen and oxygen atoms in total. The van der Waals surface area contributed by atoms with Gasteiger partial charge in [-0.25, -0.2) is 0 Å². The van der Waals surface area contributed by atoms with Gasteiger partial charge in [0.1, 0.15) is 5.75 Å². The van der Waals surface area contributed by atoms with E-state index in [1.165, 1.54) is 6.42 Å². The average Bonchev–Trinajstić information content (AvgIpc) is 3.01. The molecule has 144 valence electrons. The van der Waals surface area contributed by atoms with Crippen LogP contribution in [-0.4, -0.2) is 54.5 Å². The second kappa shape index (κ2) is 8.19. The van der Waals surface area contributed by atoms with Crippen LogP contribution in [0.1, 0.15) is 25.7 Å². The monoisotopic (exact) mass is 404 g/mol. The Hall–Kier alpha value is -1.60. The molecular weight excluding hydrogens is 380 g/mol. The molecule has 3 heterocycles. The van der Waals surface area contributed by atoms with Crippen molar-refractivity contribution in [3.8, 4) is 5.75 Å². The summed E-state index contributed by atoms with van der Waals surface area (Å²) < 4.78 is 5.24. The van der Waals surface area contributed by atoms with Gasteiger partial charge in [-0.05, 0) is 43.5 Å². The molecule has 2 amide bonds. The van der Waals surface area contributed by atoms with E-state index in [4.69, 9.17) is 4.74 Å². The second-order valence-corrected chi connectivity index (χ2v) is 9.17. The molecule has 0 radical (unpaired) electrons. The van der Waals surface area contributed by atoms with Crippen LogP contribution in [-0.2, 0) is 9.59 Å². The number of rotatable bonds is 4. The third kappa shape index (κ3) is 3.72. The first-order valence-electron chi connectivity index (χ1n) is 9.44. The highest BCUT2D eigenvalue weighted by molar-refractivity contribution is 8.10. The van der Waals surface area contributed by atoms with E-state index in [9.17, 15) is 9.59 Å². The zero-order valence-electron chi connectivity index (χ0n) is 15.5. The number of piperidine rings is 1. The lowest BCUT2D eigenvalue weighted by Crippen LogP contribution is -2.42. The fourth-order valence-electron chi connectivity index (χ4n) is 3.88. The van der Waals surface area contributed by atoms with Gasteiger partial charge in [-0.1, -0.05) is 0 Å². The fourth-order valence-corrected chi connectivity index (χ4v) is 6.42. The number of hydrogen-bond donors (Lipinski definition) is 0. The Morgan fingerprint density at radius 3 is 2.52 bits per heavy atom. The molecule has 1 aromatic rings. The minimum atomic E-state index is -0.187. The summed E-state index contributed by atoms with van der Waals surface area (Å²) in [5.41, 5.74) is 0.827. The standard InChI is InChI=1S/C20H24N2O3S2/c1-25-15-7-5-14(6-8-15)22-16(13-17(23)21-9-3-2-4-10-21)18-19(20(22)24)27-12-11-26-18/h5-8,16H,2-4,9-13H2,1H3. The first-order chi connectivity index (χ1) is 13.2. The first kappa shape index (κ1) is 18.7. The Balaban J connectivity index is 1.61. The maximum atomic E-state index is 13.1. The molecule has 27 heavy (non-hydrogen) atoms. The molecule has 4 rings (SSSR count). The zero-order valence-corrected chi connectivity index (χ0v) is 17.1. The van der Waals surface area contributed by atoms with Gasteiger partial charge in [0.05, 0.1) is 24.5 Å². The van der Waals surface area contributed by atoms with Gasteiger partial charge in [0.15, 0.2) is 0 Å². The van der Waals surface area contributed by atoms with E-state index in [-0.39, 0.29) is 17.9 Å². The normalized spacial score (nSPS) is 22.9. The van der Waals surface area contributed by atoms with Gasteiger partial charge in [-0.2, -0.15) is 0 Å². The van der Waals surface area contributed by atoms with Crippen molar-refractivity contribution in [1.82, 2.24) is 4.90 Å². The highest BCUT2D eigenvalue weighted by Gasteiger charge is 2.43. The summed E-state index contributed by atoms with van der Waals surface area (Å²) in [6.45, 7) is 1.69. The summed E-state index contributed by atoms with van der Waals surface area (Å²) >= 11 is 3.37. The highest BCUT2D eigenvalue weighted by Crippen LogP contribution is 2.46. The number of nitrogens with zero attached hydrogens (tertiary/aromatic N) is 2. The molecule has 0 N–H and O–H groups in total. The third-order valence-corrected chi connectivity index (χ3v) is 7.94. The molecule has 0 spiro atoms. The summed E-state index contributed by atoms with van der Waals surface area (Å²) in [4.78, 5) is 31.8. The Morgan fingerprint density at radius 1 is 1.11 bits per heavy atom. The van der Waals surface area contributed by atoms with Crippen LogP contribution in [0.2, 0.25) is 0 Å². The number of carbonyl (C=O) groups is 2. The van der Waals surface area contributed by atoms with E-state index in [0.29, 0.717) is 6.42 Å². The van der Waals surface area contributed by atoms with Crippen LogP contribution in [0.3, 0.4) is 0 Å². The molecule has 3 aliphatic heterocycles. The molecule has 0 saturated carbocycles. The maximum absolute atomic E-state index is 13.1. The summed E-state index contributed by atoms with van der Waals surface area (Å²) in [6, 6.07) is 7.35. The maximum Gasteiger partial charge on any atom is 0.266 e. The van der Waals surface area contributed by atoms with Crippen LogP contribution in [0.5, 0.6) is 5.75 Å². The van der Waals surface area contributed by atoms with Crippen molar-refractivity contribution in [2.45, 2.75) is 31.7 Å². The summed E-state index contributed by atoms with van der Waals surface area (Å²) in [5, 5.41) is 0. The quantitative estimate of drug-likeness (QED) is 0.769. The minimum Gasteiger partial charge on any atom is -0.497 e. The van der Waals surface area contributed by atoms with Crippen LogP contribution in [0.15, 0.2) is 34.1 Å². The van der Waals surface area contributed by atoms with E-state index in [1.807, 2.05) is 34.1 Å². The number of hydrogen-bond acceptors (Lipinski definition) is 5. The number of ether oxygens (including phenoxy) is 1. The van der Waals surface area contributed by atoms with Crippen LogP contribution in [0, 0.1) is 0 Å². The molecule has 0 aromatic heterocycles. The van der Waals surface area contributed by atoms with Gasteiger partial charge in [0.2, 0.25) is 5.91 Å². The molecule has 1 unspecified atom stereocenters. The van der Waals surface area contributed by atoms with Crippen LogP contribution < -0.4 is 9.64 Å². The zero-order chi connectivity index (χ0) is 18.8. The van der Waals surface area contributed by atoms with Crippen molar-refractivity contribution in [3.63, 3.8) is 0 Å². The van der Waals surface area contributed by atoms with Crippen LogP contribution in [0.4, 0.5) is 5.69 Å². The van der Waals surface area contributed by atoms with E-state index in [1.54, 1.807) is 30.6 Å². The molecule has 7 heteroatoms. The average molecular weight is 405 g/mol. The lowest BCUT2D eigenvalue weighted by molar-refractivity contribution is -0.132. The Labute approximate surface area is 168 Å². The van der Waals surface area contributed by atoms with Gasteiger partial charge in [0, 0.05) is 35.2 Å². The van der Waals surface area contributed by atoms with Gasteiger partial charge >= 0.3 is 0 Å². The van der Waals surface area contributed by atoms with Crippen molar-refractivity contribution >= 4 is 41.0 Å². The predicted octanol–water partition coefficient (Wildman–Crippen LogP) is 3.50. The second-order valence-electron chi connectivity index (χ2n) is 6.92. The molecule has 1 fully saturated rings. The van der Waals surface area contributed by atoms with Crippen LogP contribution >= 0.6 is 23.5 Å². The van der Waals surface area contributed by atoms with Crippen molar-refractivity contribution in [2.24, 2.45) is 0 Å². The largest absolute Gasteiger partial charge is 0.497 e. The highest BCUT2D eigenvalue weighted by atomic mass is 32.2. The Morgan fingerprint density at radius 2 is 1.81 bits per heavy atom. The van der Waals surface area contributed by atoms with Crippen molar-refractivity contribution < 1.29 is 14.3 Å². The van der Waals surface area contributed by atoms with Crippen molar-refractivity contribution in [2.75, 3.05) is 36.6 Å². The molecule has 3 aliphatic rings. The number of thioether (sulfide) groups is 2. The lowest BCUT2D eigenvalue weighted by atomic mass is 10.1. The van der Waals surface area contributed by atoms with Crippen molar-refractivity contribution in [1.29, 1.82) is 0 Å². The number of anilines is 1. The Kier molecular flexibility index (Phi) is 5.68. The summed E-state index contributed by atoms with van der Waals surface area (Å²) in [6.07, 6.45) is 3.72. The molecular formula is C20H24N2O3S2. The number of carbonyl (C=O) groups excluding carboxylic acids is 2. The molecule has 0 aliphatic carbocycles.